The molecule has 0 saturated carbocycles. The zero-order valence-corrected chi connectivity index (χ0v) is 31.8. The Morgan fingerprint density at radius 2 is 1.53 bits per heavy atom. The van der Waals surface area contributed by atoms with E-state index in [9.17, 15) is 35.8 Å². The summed E-state index contributed by atoms with van der Waals surface area (Å²) in [7, 11) is -11.9. The molecule has 0 saturated heterocycles. The van der Waals surface area contributed by atoms with Crippen molar-refractivity contribution >= 4 is 53.9 Å². The van der Waals surface area contributed by atoms with E-state index in [1.807, 2.05) is 0 Å². The first-order valence-electron chi connectivity index (χ1n) is 17.4. The van der Waals surface area contributed by atoms with Gasteiger partial charge >= 0.3 is 16.6 Å². The summed E-state index contributed by atoms with van der Waals surface area (Å²) in [5.74, 6) is -1.90. The minimum atomic E-state index is -4.43. The average molecular weight is 789 g/mol. The van der Waals surface area contributed by atoms with Crippen molar-refractivity contribution in [1.82, 2.24) is 0 Å². The van der Waals surface area contributed by atoms with E-state index in [4.69, 9.17) is 12.6 Å². The van der Waals surface area contributed by atoms with Crippen molar-refractivity contribution in [2.45, 2.75) is 81.7 Å². The first-order chi connectivity index (χ1) is 24.9. The summed E-state index contributed by atoms with van der Waals surface area (Å²) in [6.45, 7) is 7.35. The molecule has 0 amide bonds. The summed E-state index contributed by atoms with van der Waals surface area (Å²) in [4.78, 5) is 20.3. The zero-order valence-electron chi connectivity index (χ0n) is 29.3. The summed E-state index contributed by atoms with van der Waals surface area (Å²) in [5.41, 5.74) is 10.3. The number of rotatable bonds is 8. The molecule has 17 heteroatoms. The second kappa shape index (κ2) is 14.6. The summed E-state index contributed by atoms with van der Waals surface area (Å²) in [5, 5.41) is 10.3. The third-order valence-electron chi connectivity index (χ3n) is 10.7. The molecule has 3 aromatic rings. The lowest BCUT2D eigenvalue weighted by molar-refractivity contribution is -0.489. The highest BCUT2D eigenvalue weighted by atomic mass is 32.2. The van der Waals surface area contributed by atoms with Crippen LogP contribution in [-0.2, 0) is 66.9 Å². The molecule has 7 rings (SSSR count). The van der Waals surface area contributed by atoms with Crippen molar-refractivity contribution in [1.29, 1.82) is 0 Å². The van der Waals surface area contributed by atoms with Crippen LogP contribution in [0.15, 0.2) is 47.4 Å². The number of fused-ring (bicyclic) bond motifs is 4. The SMILES string of the molecule is CC1(C)c2cc3c(cc2C(=[NH+]C(CCS(=O)(=O)O)C(=O)O)c2cc4c5c(c21)CCCN5CCC4)CCCN3Cc1ccccc1S(=O)(=O)O.O=S(=O)=O. The first kappa shape index (κ1) is 38.6. The molecule has 4 N–H and O–H groups in total. The lowest BCUT2D eigenvalue weighted by Crippen LogP contribution is -2.83. The number of benzene rings is 3. The molecule has 3 aromatic carbocycles. The molecular weight excluding hydrogens is 747 g/mol. The Kier molecular flexibility index (Phi) is 10.6. The minimum absolute atomic E-state index is 0.118. The van der Waals surface area contributed by atoms with Crippen molar-refractivity contribution in [3.8, 4) is 0 Å². The van der Waals surface area contributed by atoms with E-state index in [0.29, 0.717) is 17.8 Å². The van der Waals surface area contributed by atoms with Crippen LogP contribution in [0.2, 0.25) is 0 Å². The minimum Gasteiger partial charge on any atom is -0.476 e. The molecule has 4 aliphatic rings. The average Bonchev–Trinajstić information content (AvgIpc) is 3.06. The predicted molar refractivity (Wildman–Crippen MR) is 196 cm³/mol. The van der Waals surface area contributed by atoms with Gasteiger partial charge < -0.3 is 14.9 Å². The maximum Gasteiger partial charge on any atom is 0.425 e. The molecule has 14 nitrogen and oxygen atoms in total. The van der Waals surface area contributed by atoms with E-state index in [2.05, 4.69) is 46.8 Å². The molecule has 0 aromatic heterocycles. The predicted octanol–water partition coefficient (Wildman–Crippen LogP) is 1.87. The largest absolute Gasteiger partial charge is 0.476 e. The number of hydrogen-bond acceptors (Lipinski definition) is 10. The highest BCUT2D eigenvalue weighted by Crippen LogP contribution is 2.50. The van der Waals surface area contributed by atoms with Gasteiger partial charge in [-0.1, -0.05) is 32.0 Å². The smallest absolute Gasteiger partial charge is 0.425 e. The lowest BCUT2D eigenvalue weighted by Gasteiger charge is -2.44. The molecule has 3 aliphatic heterocycles. The zero-order chi connectivity index (χ0) is 38.5. The molecule has 0 bridgehead atoms. The van der Waals surface area contributed by atoms with Gasteiger partial charge in [-0.25, -0.2) is 9.79 Å². The van der Waals surface area contributed by atoms with Crippen LogP contribution in [-0.4, -0.2) is 86.8 Å². The summed E-state index contributed by atoms with van der Waals surface area (Å²) in [6, 6.07) is 11.7. The fourth-order valence-corrected chi connectivity index (χ4v) is 9.84. The summed E-state index contributed by atoms with van der Waals surface area (Å²) in [6.07, 6.45) is 5.10. The van der Waals surface area contributed by atoms with E-state index in [1.165, 1.54) is 22.9 Å². The van der Waals surface area contributed by atoms with Gasteiger partial charge in [0.1, 0.15) is 0 Å². The molecule has 0 fully saturated rings. The number of aliphatic carboxylic acids is 1. The number of nitrogens with zero attached hydrogens (tertiary/aromatic N) is 2. The Bertz CT molecular complexity index is 2350. The van der Waals surface area contributed by atoms with Crippen LogP contribution < -0.4 is 14.8 Å². The molecule has 3 heterocycles. The molecule has 53 heavy (non-hydrogen) atoms. The molecular formula is C36H42N3O11S3+. The fourth-order valence-electron chi connectivity index (χ4n) is 8.59. The van der Waals surface area contributed by atoms with E-state index in [-0.39, 0.29) is 17.9 Å². The van der Waals surface area contributed by atoms with Crippen molar-refractivity contribution in [3.05, 3.63) is 87.0 Å². The standard InChI is InChI=1S/C36H41N3O8S2.O3S/c1-36(2)28-20-30-22(9-5-16-39(30)21-24-8-3-4-12-31(24)49(45,46)47)18-26(28)33(37-29(35(40)41)13-17-48(42,43)44)27-19-23-10-6-14-38-15-7-11-25(32(27)36)34(23)38;1-4(2)3/h3-4,8,12,18-20,29H,5-7,9-11,13-17,21H2,1-2H3,(H,40,41)(H,42,43,44)(H,45,46,47);/p+1. The number of carboxylic acids is 1. The first-order valence-corrected chi connectivity index (χ1v) is 21.4. The third kappa shape index (κ3) is 7.90. The summed E-state index contributed by atoms with van der Waals surface area (Å²) < 4.78 is 92.6. The number of anilines is 2. The van der Waals surface area contributed by atoms with Gasteiger partial charge in [-0.3, -0.25) is 9.11 Å². The van der Waals surface area contributed by atoms with Crippen LogP contribution in [0.5, 0.6) is 0 Å². The van der Waals surface area contributed by atoms with E-state index < -0.39 is 54.0 Å². The molecule has 1 atom stereocenters. The van der Waals surface area contributed by atoms with Gasteiger partial charge in [0.25, 0.3) is 20.2 Å². The van der Waals surface area contributed by atoms with Crippen LogP contribution in [0.4, 0.5) is 11.4 Å². The maximum absolute atomic E-state index is 12.6. The van der Waals surface area contributed by atoms with Crippen LogP contribution in [0.25, 0.3) is 0 Å². The van der Waals surface area contributed by atoms with Gasteiger partial charge in [0, 0.05) is 49.4 Å². The third-order valence-corrected chi connectivity index (χ3v) is 12.4. The Hall–Kier alpha value is -4.16. The second-order valence-electron chi connectivity index (χ2n) is 14.4. The molecule has 0 radical (unpaired) electrons. The van der Waals surface area contributed by atoms with Crippen molar-refractivity contribution in [2.75, 3.05) is 35.2 Å². The van der Waals surface area contributed by atoms with Crippen LogP contribution in [0.3, 0.4) is 0 Å². The quantitative estimate of drug-likeness (QED) is 0.240. The topological polar surface area (TPSA) is 218 Å². The van der Waals surface area contributed by atoms with Gasteiger partial charge in [-0.05, 0) is 96.2 Å². The van der Waals surface area contributed by atoms with E-state index >= 15 is 0 Å². The lowest BCUT2D eigenvalue weighted by atomic mass is 9.64. The molecule has 0 spiro atoms. The van der Waals surface area contributed by atoms with Gasteiger partial charge in [-0.2, -0.15) is 16.8 Å². The number of aryl methyl sites for hydroxylation is 2. The number of carbonyl (C=O) groups is 1. The van der Waals surface area contributed by atoms with Gasteiger partial charge in [-0.15, -0.1) is 12.6 Å². The van der Waals surface area contributed by atoms with Crippen molar-refractivity contribution < 1.29 is 53.5 Å². The van der Waals surface area contributed by atoms with Crippen LogP contribution in [0, 0.1) is 0 Å². The highest BCUT2D eigenvalue weighted by Gasteiger charge is 2.44. The van der Waals surface area contributed by atoms with Crippen LogP contribution in [0.1, 0.15) is 84.0 Å². The van der Waals surface area contributed by atoms with Gasteiger partial charge in [0.05, 0.1) is 21.8 Å². The number of hydrogen-bond donors (Lipinski definition) is 4. The Morgan fingerprint density at radius 3 is 2.19 bits per heavy atom. The van der Waals surface area contributed by atoms with Crippen LogP contribution >= 0.6 is 0 Å². The Labute approximate surface area is 310 Å². The van der Waals surface area contributed by atoms with Crippen molar-refractivity contribution in [3.63, 3.8) is 0 Å². The van der Waals surface area contributed by atoms with E-state index in [0.717, 1.165) is 85.1 Å². The fraction of sp³-hybridized carbons (Fsp3) is 0.444. The van der Waals surface area contributed by atoms with Gasteiger partial charge in [0.15, 0.2) is 0 Å². The molecule has 1 unspecified atom stereocenters. The number of carboxylic acid groups (broad SMARTS) is 1. The monoisotopic (exact) mass is 788 g/mol. The number of nitrogens with one attached hydrogen (secondary N) is 1. The highest BCUT2D eigenvalue weighted by molar-refractivity contribution is 7.86. The summed E-state index contributed by atoms with van der Waals surface area (Å²) >= 11 is 0. The molecule has 1 aliphatic carbocycles. The Balaban J connectivity index is 0.00000114. The second-order valence-corrected chi connectivity index (χ2v) is 17.8. The van der Waals surface area contributed by atoms with E-state index in [1.54, 1.807) is 18.2 Å². The van der Waals surface area contributed by atoms with Crippen molar-refractivity contribution in [2.24, 2.45) is 0 Å². The maximum atomic E-state index is 12.6. The van der Waals surface area contributed by atoms with Gasteiger partial charge in [0.2, 0.25) is 11.8 Å². The Morgan fingerprint density at radius 1 is 0.906 bits per heavy atom. The molecule has 284 valence electrons. The normalized spacial score (nSPS) is 18.5.